The Morgan fingerprint density at radius 1 is 1.35 bits per heavy atom. The van der Waals surface area contributed by atoms with Gasteiger partial charge in [-0.1, -0.05) is 5.16 Å². The second-order valence-corrected chi connectivity index (χ2v) is 5.56. The first-order chi connectivity index (χ1) is 12.4. The molecule has 2 aromatic rings. The number of benzene rings is 1. The van der Waals surface area contributed by atoms with Crippen molar-refractivity contribution in [3.8, 4) is 0 Å². The van der Waals surface area contributed by atoms with Crippen LogP contribution in [-0.2, 0) is 25.8 Å². The van der Waals surface area contributed by atoms with E-state index < -0.39 is 29.2 Å². The largest absolute Gasteiger partial charge is 0.476 e. The van der Waals surface area contributed by atoms with Crippen molar-refractivity contribution in [2.75, 3.05) is 12.3 Å². The third kappa shape index (κ3) is 5.24. The van der Waals surface area contributed by atoms with Gasteiger partial charge >= 0.3 is 11.9 Å². The summed E-state index contributed by atoms with van der Waals surface area (Å²) in [7, 11) is 0. The Kier molecular flexibility index (Phi) is 6.16. The van der Waals surface area contributed by atoms with Crippen molar-refractivity contribution >= 4 is 39.8 Å². The summed E-state index contributed by atoms with van der Waals surface area (Å²) in [5.41, 5.74) is 5.39. The summed E-state index contributed by atoms with van der Waals surface area (Å²) in [6, 6.07) is 5.45. The van der Waals surface area contributed by atoms with Crippen LogP contribution in [0.25, 0.3) is 0 Å². The number of rotatable bonds is 8. The van der Waals surface area contributed by atoms with Gasteiger partial charge in [-0.25, -0.2) is 14.6 Å². The second-order valence-electron chi connectivity index (χ2n) is 4.67. The molecule has 0 amide bonds. The molecule has 1 aromatic carbocycles. The maximum atomic E-state index is 11.6. The van der Waals surface area contributed by atoms with E-state index in [1.54, 1.807) is 0 Å². The van der Waals surface area contributed by atoms with Gasteiger partial charge in [0, 0.05) is 17.5 Å². The summed E-state index contributed by atoms with van der Waals surface area (Å²) in [5, 5.41) is 24.5. The molecule has 1 aromatic heterocycles. The number of anilines is 1. The molecule has 11 nitrogen and oxygen atoms in total. The number of non-ortho nitro benzene ring substituents is 1. The molecular formula is C14H12N4O7S. The highest BCUT2D eigenvalue weighted by Crippen LogP contribution is 2.13. The predicted molar refractivity (Wildman–Crippen MR) is 89.5 cm³/mol. The van der Waals surface area contributed by atoms with E-state index in [4.69, 9.17) is 15.6 Å². The van der Waals surface area contributed by atoms with Crippen molar-refractivity contribution in [3.63, 3.8) is 0 Å². The molecule has 0 saturated carbocycles. The molecule has 0 spiro atoms. The number of aliphatic carboxylic acids is 1. The summed E-state index contributed by atoms with van der Waals surface area (Å²) >= 11 is 1.03. The highest BCUT2D eigenvalue weighted by molar-refractivity contribution is 7.13. The normalized spacial score (nSPS) is 11.0. The SMILES string of the molecule is Nc1nc(/C(=N/OCC(=O)OCc2ccc([N+](=O)[O-])cc2)C(=O)O)cs1. The number of nitro groups is 1. The van der Waals surface area contributed by atoms with Gasteiger partial charge in [0.25, 0.3) is 5.69 Å². The molecule has 0 unspecified atom stereocenters. The Morgan fingerprint density at radius 3 is 2.58 bits per heavy atom. The third-order valence-electron chi connectivity index (χ3n) is 2.85. The molecule has 136 valence electrons. The number of hydrogen-bond donors (Lipinski definition) is 2. The number of nitrogens with two attached hydrogens (primary N) is 1. The van der Waals surface area contributed by atoms with Gasteiger partial charge in [-0.3, -0.25) is 10.1 Å². The number of carbonyl (C=O) groups is 2. The number of carbonyl (C=O) groups excluding carboxylic acids is 1. The Balaban J connectivity index is 1.85. The monoisotopic (exact) mass is 380 g/mol. The van der Waals surface area contributed by atoms with Crippen LogP contribution in [0.2, 0.25) is 0 Å². The van der Waals surface area contributed by atoms with Crippen LogP contribution < -0.4 is 5.73 Å². The Labute approximate surface area is 149 Å². The summed E-state index contributed by atoms with van der Waals surface area (Å²) < 4.78 is 4.90. The molecule has 0 bridgehead atoms. The van der Waals surface area contributed by atoms with Crippen LogP contribution in [0.5, 0.6) is 0 Å². The number of nitrogens with zero attached hydrogens (tertiary/aromatic N) is 3. The van der Waals surface area contributed by atoms with Gasteiger partial charge in [-0.05, 0) is 17.7 Å². The van der Waals surface area contributed by atoms with Crippen LogP contribution in [0.1, 0.15) is 11.3 Å². The molecule has 3 N–H and O–H groups in total. The number of carboxylic acid groups (broad SMARTS) is 1. The van der Waals surface area contributed by atoms with Crippen molar-refractivity contribution in [2.24, 2.45) is 5.16 Å². The highest BCUT2D eigenvalue weighted by Gasteiger charge is 2.17. The number of thiazole rings is 1. The van der Waals surface area contributed by atoms with Gasteiger partial charge in [0.15, 0.2) is 5.13 Å². The van der Waals surface area contributed by atoms with Crippen LogP contribution in [-0.4, -0.2) is 39.3 Å². The molecule has 0 radical (unpaired) electrons. The molecule has 0 saturated heterocycles. The number of nitro benzene ring substituents is 1. The minimum absolute atomic E-state index is 0.0132. The summed E-state index contributed by atoms with van der Waals surface area (Å²) in [6.45, 7) is -0.748. The summed E-state index contributed by atoms with van der Waals surface area (Å²) in [5.74, 6) is -2.19. The topological polar surface area (TPSA) is 167 Å². The average Bonchev–Trinajstić information content (AvgIpc) is 3.02. The molecule has 26 heavy (non-hydrogen) atoms. The second kappa shape index (κ2) is 8.53. The molecule has 0 aliphatic carbocycles. The number of carboxylic acids is 1. The third-order valence-corrected chi connectivity index (χ3v) is 3.53. The lowest BCUT2D eigenvalue weighted by atomic mass is 10.2. The van der Waals surface area contributed by atoms with Gasteiger partial charge in [-0.2, -0.15) is 0 Å². The van der Waals surface area contributed by atoms with E-state index in [2.05, 4.69) is 15.0 Å². The lowest BCUT2D eigenvalue weighted by molar-refractivity contribution is -0.384. The number of esters is 1. The zero-order valence-corrected chi connectivity index (χ0v) is 13.8. The smallest absolute Gasteiger partial charge is 0.360 e. The maximum Gasteiger partial charge on any atom is 0.360 e. The summed E-state index contributed by atoms with van der Waals surface area (Å²) in [6.07, 6.45) is 0. The Hall–Kier alpha value is -3.54. The van der Waals surface area contributed by atoms with Crippen molar-refractivity contribution in [3.05, 3.63) is 51.0 Å². The molecule has 1 heterocycles. The van der Waals surface area contributed by atoms with E-state index in [1.807, 2.05) is 0 Å². The van der Waals surface area contributed by atoms with Crippen molar-refractivity contribution in [1.82, 2.24) is 4.98 Å². The molecule has 0 fully saturated rings. The van der Waals surface area contributed by atoms with E-state index in [1.165, 1.54) is 29.6 Å². The van der Waals surface area contributed by atoms with Crippen molar-refractivity contribution in [1.29, 1.82) is 0 Å². The molecular weight excluding hydrogens is 368 g/mol. The van der Waals surface area contributed by atoms with Gasteiger partial charge in [0.1, 0.15) is 12.3 Å². The number of hydrogen-bond acceptors (Lipinski definition) is 10. The molecule has 0 atom stereocenters. The minimum Gasteiger partial charge on any atom is -0.476 e. The Bertz CT molecular complexity index is 847. The maximum absolute atomic E-state index is 11.6. The van der Waals surface area contributed by atoms with E-state index in [0.29, 0.717) is 5.56 Å². The van der Waals surface area contributed by atoms with E-state index in [9.17, 15) is 19.7 Å². The van der Waals surface area contributed by atoms with E-state index >= 15 is 0 Å². The average molecular weight is 380 g/mol. The van der Waals surface area contributed by atoms with Gasteiger partial charge in [-0.15, -0.1) is 11.3 Å². The molecule has 0 aliphatic heterocycles. The zero-order valence-electron chi connectivity index (χ0n) is 13.0. The standard InChI is InChI=1S/C14H12N4O7S/c15-14-16-10(7-26-14)12(13(20)21)17-25-6-11(19)24-5-8-1-3-9(4-2-8)18(22)23/h1-4,7H,5-6H2,(H2,15,16)(H,20,21)/b17-12-. The van der Waals surface area contributed by atoms with Gasteiger partial charge < -0.3 is 20.4 Å². The van der Waals surface area contributed by atoms with Crippen LogP contribution >= 0.6 is 11.3 Å². The number of ether oxygens (including phenoxy) is 1. The van der Waals surface area contributed by atoms with Gasteiger partial charge in [0.2, 0.25) is 12.3 Å². The minimum atomic E-state index is -1.39. The van der Waals surface area contributed by atoms with E-state index in [0.717, 1.165) is 11.3 Å². The van der Waals surface area contributed by atoms with Crippen molar-refractivity contribution < 1.29 is 29.2 Å². The fourth-order valence-electron chi connectivity index (χ4n) is 1.66. The number of nitrogen functional groups attached to an aromatic ring is 1. The predicted octanol–water partition coefficient (Wildman–Crippen LogP) is 1.18. The molecule has 0 aliphatic rings. The summed E-state index contributed by atoms with van der Waals surface area (Å²) in [4.78, 5) is 41.2. The fraction of sp³-hybridized carbons (Fsp3) is 0.143. The first-order valence-electron chi connectivity index (χ1n) is 6.90. The Morgan fingerprint density at radius 2 is 2.04 bits per heavy atom. The van der Waals surface area contributed by atoms with Crippen molar-refractivity contribution in [2.45, 2.75) is 6.61 Å². The number of aromatic nitrogens is 1. The molecule has 2 rings (SSSR count). The first-order valence-corrected chi connectivity index (χ1v) is 7.78. The zero-order chi connectivity index (χ0) is 19.1. The lowest BCUT2D eigenvalue weighted by Crippen LogP contribution is -2.17. The fourth-order valence-corrected chi connectivity index (χ4v) is 2.21. The van der Waals surface area contributed by atoms with E-state index in [-0.39, 0.29) is 23.1 Å². The highest BCUT2D eigenvalue weighted by atomic mass is 32.1. The first kappa shape index (κ1) is 18.8. The van der Waals surface area contributed by atoms with Crippen LogP contribution in [0.4, 0.5) is 10.8 Å². The van der Waals surface area contributed by atoms with Crippen LogP contribution in [0, 0.1) is 10.1 Å². The quantitative estimate of drug-likeness (QED) is 0.296. The van der Waals surface area contributed by atoms with Gasteiger partial charge in [0.05, 0.1) is 4.92 Å². The van der Waals surface area contributed by atoms with Crippen LogP contribution in [0.15, 0.2) is 34.8 Å². The van der Waals surface area contributed by atoms with Crippen LogP contribution in [0.3, 0.4) is 0 Å². The molecule has 12 heteroatoms. The lowest BCUT2D eigenvalue weighted by Gasteiger charge is -2.04. The number of oxime groups is 1.